The Morgan fingerprint density at radius 1 is 0.966 bits per heavy atom. The average Bonchev–Trinajstić information content (AvgIpc) is 3.29. The largest absolute Gasteiger partial charge is 0.338 e. The number of carbonyl (C=O) groups is 1. The molecule has 1 aliphatic rings. The van der Waals surface area contributed by atoms with Gasteiger partial charge < -0.3 is 9.47 Å². The van der Waals surface area contributed by atoms with Gasteiger partial charge in [-0.05, 0) is 24.1 Å². The van der Waals surface area contributed by atoms with Crippen LogP contribution in [0.4, 0.5) is 0 Å². The van der Waals surface area contributed by atoms with E-state index < -0.39 is 0 Å². The first-order valence-corrected chi connectivity index (χ1v) is 11.0. The molecule has 4 nitrogen and oxygen atoms in total. The highest BCUT2D eigenvalue weighted by molar-refractivity contribution is 5.81. The van der Waals surface area contributed by atoms with Gasteiger partial charge in [0, 0.05) is 32.0 Å². The third kappa shape index (κ3) is 4.52. The van der Waals surface area contributed by atoms with E-state index in [1.807, 2.05) is 29.2 Å². The van der Waals surface area contributed by atoms with Crippen LogP contribution in [0.5, 0.6) is 0 Å². The summed E-state index contributed by atoms with van der Waals surface area (Å²) < 4.78 is 2.38. The Hall–Kier alpha value is -2.62. The quantitative estimate of drug-likeness (QED) is 0.452. The minimum absolute atomic E-state index is 0.175. The van der Waals surface area contributed by atoms with Crippen molar-refractivity contribution in [1.29, 1.82) is 0 Å². The topological polar surface area (TPSA) is 38.1 Å². The lowest BCUT2D eigenvalue weighted by Gasteiger charge is -2.17. The third-order valence-electron chi connectivity index (χ3n) is 5.97. The minimum atomic E-state index is 0.175. The maximum atomic E-state index is 12.7. The van der Waals surface area contributed by atoms with E-state index in [1.54, 1.807) is 0 Å². The van der Waals surface area contributed by atoms with E-state index in [2.05, 4.69) is 41.8 Å². The van der Waals surface area contributed by atoms with E-state index in [9.17, 15) is 4.79 Å². The highest BCUT2D eigenvalue weighted by Crippen LogP contribution is 2.31. The summed E-state index contributed by atoms with van der Waals surface area (Å²) in [5.74, 6) is 1.50. The van der Waals surface area contributed by atoms with Crippen LogP contribution in [0.15, 0.2) is 54.6 Å². The van der Waals surface area contributed by atoms with Gasteiger partial charge in [-0.2, -0.15) is 0 Å². The van der Waals surface area contributed by atoms with Crippen molar-refractivity contribution in [2.24, 2.45) is 0 Å². The molecule has 2 aromatic carbocycles. The second-order valence-electron chi connectivity index (χ2n) is 8.19. The number of hydrogen-bond acceptors (Lipinski definition) is 2. The van der Waals surface area contributed by atoms with Gasteiger partial charge in [-0.3, -0.25) is 4.79 Å². The van der Waals surface area contributed by atoms with E-state index in [-0.39, 0.29) is 11.8 Å². The number of carbonyl (C=O) groups excluding carboxylic acids is 1. The van der Waals surface area contributed by atoms with Gasteiger partial charge in [-0.25, -0.2) is 4.98 Å². The Morgan fingerprint density at radius 3 is 2.55 bits per heavy atom. The van der Waals surface area contributed by atoms with Crippen molar-refractivity contribution in [2.75, 3.05) is 6.54 Å². The van der Waals surface area contributed by atoms with Crippen LogP contribution in [0.3, 0.4) is 0 Å². The highest BCUT2D eigenvalue weighted by Gasteiger charge is 2.33. The van der Waals surface area contributed by atoms with Gasteiger partial charge in [-0.15, -0.1) is 0 Å². The molecule has 1 aromatic heterocycles. The Kier molecular flexibility index (Phi) is 6.28. The van der Waals surface area contributed by atoms with E-state index in [1.165, 1.54) is 43.2 Å². The minimum Gasteiger partial charge on any atom is -0.338 e. The van der Waals surface area contributed by atoms with Crippen LogP contribution in [0.25, 0.3) is 11.0 Å². The van der Waals surface area contributed by atoms with Gasteiger partial charge >= 0.3 is 0 Å². The molecule has 1 amide bonds. The molecule has 1 unspecified atom stereocenters. The van der Waals surface area contributed by atoms with Crippen molar-refractivity contribution < 1.29 is 4.79 Å². The van der Waals surface area contributed by atoms with Crippen molar-refractivity contribution >= 4 is 16.9 Å². The first-order valence-electron chi connectivity index (χ1n) is 11.0. The summed E-state index contributed by atoms with van der Waals surface area (Å²) in [4.78, 5) is 19.7. The smallest absolute Gasteiger partial charge is 0.223 e. The van der Waals surface area contributed by atoms with Crippen molar-refractivity contribution in [2.45, 2.75) is 64.5 Å². The van der Waals surface area contributed by atoms with Crippen molar-refractivity contribution in [3.8, 4) is 0 Å². The Morgan fingerprint density at radius 2 is 1.72 bits per heavy atom. The maximum Gasteiger partial charge on any atom is 0.223 e. The normalized spacial score (nSPS) is 16.8. The molecule has 0 spiro atoms. The molecule has 0 N–H and O–H groups in total. The maximum absolute atomic E-state index is 12.7. The van der Waals surface area contributed by atoms with Gasteiger partial charge in [0.25, 0.3) is 0 Å². The number of amides is 1. The molecule has 3 aromatic rings. The molecule has 0 radical (unpaired) electrons. The molecule has 0 bridgehead atoms. The van der Waals surface area contributed by atoms with Gasteiger partial charge in [0.1, 0.15) is 5.82 Å². The molecule has 0 aliphatic carbocycles. The number of hydrogen-bond donors (Lipinski definition) is 0. The van der Waals surface area contributed by atoms with Crippen molar-refractivity contribution in [1.82, 2.24) is 14.5 Å². The first kappa shape index (κ1) is 19.7. The number of para-hydroxylation sites is 2. The van der Waals surface area contributed by atoms with Crippen LogP contribution in [-0.2, 0) is 17.9 Å². The lowest BCUT2D eigenvalue weighted by Crippen LogP contribution is -2.24. The molecule has 4 rings (SSSR count). The van der Waals surface area contributed by atoms with Crippen LogP contribution < -0.4 is 0 Å². The van der Waals surface area contributed by atoms with Crippen LogP contribution in [0.2, 0.25) is 0 Å². The molecular weight excluding hydrogens is 358 g/mol. The zero-order valence-corrected chi connectivity index (χ0v) is 17.4. The third-order valence-corrected chi connectivity index (χ3v) is 5.97. The standard InChI is InChI=1S/C25H31N3O/c1-2-3-4-5-11-16-28-23-15-10-9-14-22(23)26-25(28)21-17-24(29)27(19-21)18-20-12-7-6-8-13-20/h6-10,12-15,21H,2-5,11,16-19H2,1H3. The fraction of sp³-hybridized carbons (Fsp3) is 0.440. The van der Waals surface area contributed by atoms with Crippen LogP contribution >= 0.6 is 0 Å². The molecule has 1 fully saturated rings. The number of rotatable bonds is 9. The summed E-state index contributed by atoms with van der Waals surface area (Å²) in [7, 11) is 0. The van der Waals surface area contributed by atoms with Gasteiger partial charge in [0.15, 0.2) is 0 Å². The summed E-state index contributed by atoms with van der Waals surface area (Å²) >= 11 is 0. The SMILES string of the molecule is CCCCCCCn1c(C2CC(=O)N(Cc3ccccc3)C2)nc2ccccc21. The second kappa shape index (κ2) is 9.25. The Balaban J connectivity index is 1.52. The average molecular weight is 390 g/mol. The molecular formula is C25H31N3O. The van der Waals surface area contributed by atoms with Crippen molar-refractivity contribution in [3.05, 3.63) is 66.0 Å². The first-order chi connectivity index (χ1) is 14.3. The molecule has 152 valence electrons. The summed E-state index contributed by atoms with van der Waals surface area (Å²) in [5.41, 5.74) is 3.43. The monoisotopic (exact) mass is 389 g/mol. The molecule has 0 saturated carbocycles. The number of unbranched alkanes of at least 4 members (excludes halogenated alkanes) is 4. The zero-order valence-electron chi connectivity index (χ0n) is 17.4. The second-order valence-corrected chi connectivity index (χ2v) is 8.19. The molecule has 29 heavy (non-hydrogen) atoms. The number of likely N-dealkylation sites (tertiary alicyclic amines) is 1. The lowest BCUT2D eigenvalue weighted by molar-refractivity contribution is -0.128. The molecule has 1 aliphatic heterocycles. The van der Waals surface area contributed by atoms with E-state index in [0.29, 0.717) is 13.0 Å². The van der Waals surface area contributed by atoms with Crippen molar-refractivity contribution in [3.63, 3.8) is 0 Å². The summed E-state index contributed by atoms with van der Waals surface area (Å²) in [6, 6.07) is 18.6. The predicted octanol–water partition coefficient (Wildman–Crippen LogP) is 5.52. The summed E-state index contributed by atoms with van der Waals surface area (Å²) in [6.07, 6.45) is 6.85. The summed E-state index contributed by atoms with van der Waals surface area (Å²) in [6.45, 7) is 4.68. The molecule has 2 heterocycles. The van der Waals surface area contributed by atoms with Crippen LogP contribution in [-0.4, -0.2) is 26.9 Å². The van der Waals surface area contributed by atoms with E-state index in [0.717, 1.165) is 24.4 Å². The highest BCUT2D eigenvalue weighted by atomic mass is 16.2. The van der Waals surface area contributed by atoms with Gasteiger partial charge in [-0.1, -0.05) is 75.1 Å². The summed E-state index contributed by atoms with van der Waals surface area (Å²) in [5, 5.41) is 0. The fourth-order valence-electron chi connectivity index (χ4n) is 4.42. The van der Waals surface area contributed by atoms with E-state index >= 15 is 0 Å². The van der Waals surface area contributed by atoms with E-state index in [4.69, 9.17) is 4.98 Å². The predicted molar refractivity (Wildman–Crippen MR) is 118 cm³/mol. The van der Waals surface area contributed by atoms with Gasteiger partial charge in [0.05, 0.1) is 11.0 Å². The fourth-order valence-corrected chi connectivity index (χ4v) is 4.42. The van der Waals surface area contributed by atoms with Crippen LogP contribution in [0.1, 0.15) is 62.8 Å². The molecule has 4 heteroatoms. The Bertz CT molecular complexity index is 947. The number of nitrogens with zero attached hydrogens (tertiary/aromatic N) is 3. The number of benzene rings is 2. The number of imidazole rings is 1. The lowest BCUT2D eigenvalue weighted by atomic mass is 10.1. The number of aryl methyl sites for hydroxylation is 1. The Labute approximate surface area is 173 Å². The zero-order chi connectivity index (χ0) is 20.1. The number of aromatic nitrogens is 2. The number of fused-ring (bicyclic) bond motifs is 1. The van der Waals surface area contributed by atoms with Gasteiger partial charge in [0.2, 0.25) is 5.91 Å². The molecule has 1 saturated heterocycles. The molecule has 1 atom stereocenters. The van der Waals surface area contributed by atoms with Crippen LogP contribution in [0, 0.1) is 0 Å².